The molecule has 4 rings (SSSR count). The number of benzene rings is 4. The second-order valence-corrected chi connectivity index (χ2v) is 5.76. The third-order valence-electron chi connectivity index (χ3n) is 4.32. The Kier molecular flexibility index (Phi) is 3.39. The molecule has 0 bridgehead atoms. The van der Waals surface area contributed by atoms with Gasteiger partial charge in [-0.25, -0.2) is 0 Å². The predicted octanol–water partition coefficient (Wildman–Crippen LogP) is 5.42. The molecule has 0 aliphatic carbocycles. The molecule has 0 fully saturated rings. The molecular formula is C22H16O. The number of Topliss-reactive ketones (excluding diaryl/α,β-unsaturated/α-hetero) is 1. The highest BCUT2D eigenvalue weighted by molar-refractivity contribution is 6.07. The van der Waals surface area contributed by atoms with Crippen LogP contribution >= 0.6 is 0 Å². The fourth-order valence-corrected chi connectivity index (χ4v) is 3.19. The van der Waals surface area contributed by atoms with E-state index in [2.05, 4.69) is 30.3 Å². The molecule has 0 aliphatic rings. The zero-order valence-corrected chi connectivity index (χ0v) is 12.7. The molecule has 0 saturated heterocycles. The number of rotatable bonds is 3. The molecule has 0 aromatic heterocycles. The topological polar surface area (TPSA) is 17.1 Å². The average molecular weight is 296 g/mol. The standard InChI is InChI=1S/C22H16O/c23-22(16-8-2-1-3-9-16)15-21-19-12-6-4-10-17(19)14-18-11-5-7-13-20(18)21/h1-14H,15H2. The Bertz CT molecular complexity index is 946. The Morgan fingerprint density at radius 2 is 1.17 bits per heavy atom. The number of fused-ring (bicyclic) bond motifs is 2. The van der Waals surface area contributed by atoms with Crippen LogP contribution in [-0.2, 0) is 6.42 Å². The average Bonchev–Trinajstić information content (AvgIpc) is 2.62. The van der Waals surface area contributed by atoms with Gasteiger partial charge in [-0.3, -0.25) is 4.79 Å². The minimum absolute atomic E-state index is 0.159. The number of carbonyl (C=O) groups excluding carboxylic acids is 1. The van der Waals surface area contributed by atoms with Crippen molar-refractivity contribution in [2.45, 2.75) is 6.42 Å². The summed E-state index contributed by atoms with van der Waals surface area (Å²) in [4.78, 5) is 12.7. The van der Waals surface area contributed by atoms with Crippen molar-refractivity contribution in [1.82, 2.24) is 0 Å². The monoisotopic (exact) mass is 296 g/mol. The number of hydrogen-bond acceptors (Lipinski definition) is 1. The molecule has 0 atom stereocenters. The lowest BCUT2D eigenvalue weighted by Gasteiger charge is -2.11. The lowest BCUT2D eigenvalue weighted by atomic mass is 9.92. The first-order chi connectivity index (χ1) is 11.3. The molecule has 110 valence electrons. The van der Waals surface area contributed by atoms with Crippen molar-refractivity contribution in [1.29, 1.82) is 0 Å². The Morgan fingerprint density at radius 1 is 0.652 bits per heavy atom. The first-order valence-corrected chi connectivity index (χ1v) is 7.80. The fraction of sp³-hybridized carbons (Fsp3) is 0.0455. The molecule has 0 spiro atoms. The molecule has 0 aliphatic heterocycles. The first-order valence-electron chi connectivity index (χ1n) is 7.80. The molecular weight excluding hydrogens is 280 g/mol. The van der Waals surface area contributed by atoms with Gasteiger partial charge in [-0.05, 0) is 33.2 Å². The van der Waals surface area contributed by atoms with Crippen molar-refractivity contribution in [3.8, 4) is 0 Å². The van der Waals surface area contributed by atoms with E-state index in [0.29, 0.717) is 6.42 Å². The van der Waals surface area contributed by atoms with Gasteiger partial charge in [0.2, 0.25) is 0 Å². The number of ketones is 1. The molecule has 0 radical (unpaired) electrons. The lowest BCUT2D eigenvalue weighted by molar-refractivity contribution is 0.0993. The van der Waals surface area contributed by atoms with Crippen LogP contribution in [0.3, 0.4) is 0 Å². The largest absolute Gasteiger partial charge is 0.294 e. The van der Waals surface area contributed by atoms with E-state index < -0.39 is 0 Å². The zero-order valence-electron chi connectivity index (χ0n) is 12.7. The van der Waals surface area contributed by atoms with Gasteiger partial charge in [0.25, 0.3) is 0 Å². The van der Waals surface area contributed by atoms with E-state index in [0.717, 1.165) is 21.9 Å². The molecule has 0 N–H and O–H groups in total. The Labute approximate surface area is 135 Å². The predicted molar refractivity (Wildman–Crippen MR) is 95.9 cm³/mol. The van der Waals surface area contributed by atoms with E-state index in [-0.39, 0.29) is 5.78 Å². The zero-order chi connectivity index (χ0) is 15.6. The molecule has 4 aromatic rings. The highest BCUT2D eigenvalue weighted by atomic mass is 16.1. The molecule has 0 heterocycles. The lowest BCUT2D eigenvalue weighted by Crippen LogP contribution is -2.04. The maximum absolute atomic E-state index is 12.7. The van der Waals surface area contributed by atoms with Crippen molar-refractivity contribution >= 4 is 27.3 Å². The van der Waals surface area contributed by atoms with Crippen LogP contribution in [0.4, 0.5) is 0 Å². The van der Waals surface area contributed by atoms with Gasteiger partial charge in [-0.1, -0.05) is 78.9 Å². The van der Waals surface area contributed by atoms with Crippen molar-refractivity contribution in [2.75, 3.05) is 0 Å². The summed E-state index contributed by atoms with van der Waals surface area (Å²) >= 11 is 0. The third-order valence-corrected chi connectivity index (χ3v) is 4.32. The van der Waals surface area contributed by atoms with Crippen LogP contribution in [0.1, 0.15) is 15.9 Å². The van der Waals surface area contributed by atoms with E-state index in [1.165, 1.54) is 10.8 Å². The van der Waals surface area contributed by atoms with Gasteiger partial charge in [0.15, 0.2) is 5.78 Å². The van der Waals surface area contributed by atoms with Gasteiger partial charge in [-0.15, -0.1) is 0 Å². The third kappa shape index (κ3) is 2.51. The second-order valence-electron chi connectivity index (χ2n) is 5.76. The minimum Gasteiger partial charge on any atom is -0.294 e. The highest BCUT2D eigenvalue weighted by Gasteiger charge is 2.12. The smallest absolute Gasteiger partial charge is 0.167 e. The number of carbonyl (C=O) groups is 1. The normalized spacial score (nSPS) is 11.0. The van der Waals surface area contributed by atoms with E-state index in [1.54, 1.807) is 0 Å². The Balaban J connectivity index is 1.91. The van der Waals surface area contributed by atoms with Gasteiger partial charge in [-0.2, -0.15) is 0 Å². The summed E-state index contributed by atoms with van der Waals surface area (Å²) in [6, 6.07) is 28.3. The molecule has 1 nitrogen and oxygen atoms in total. The summed E-state index contributed by atoms with van der Waals surface area (Å²) in [5.41, 5.74) is 1.89. The number of hydrogen-bond donors (Lipinski definition) is 0. The molecule has 23 heavy (non-hydrogen) atoms. The second kappa shape index (κ2) is 5.69. The van der Waals surface area contributed by atoms with Gasteiger partial charge in [0.05, 0.1) is 0 Å². The van der Waals surface area contributed by atoms with Crippen molar-refractivity contribution < 1.29 is 4.79 Å². The van der Waals surface area contributed by atoms with Gasteiger partial charge in [0.1, 0.15) is 0 Å². The summed E-state index contributed by atoms with van der Waals surface area (Å²) in [7, 11) is 0. The Morgan fingerprint density at radius 3 is 1.78 bits per heavy atom. The van der Waals surface area contributed by atoms with E-state index in [1.807, 2.05) is 54.6 Å². The van der Waals surface area contributed by atoms with Crippen molar-refractivity contribution in [3.63, 3.8) is 0 Å². The maximum atomic E-state index is 12.7. The van der Waals surface area contributed by atoms with E-state index in [9.17, 15) is 4.79 Å². The van der Waals surface area contributed by atoms with Crippen LogP contribution in [0.25, 0.3) is 21.5 Å². The molecule has 0 unspecified atom stereocenters. The summed E-state index contributed by atoms with van der Waals surface area (Å²) in [5, 5.41) is 4.69. The quantitative estimate of drug-likeness (QED) is 0.364. The molecule has 0 saturated carbocycles. The Hall–Kier alpha value is -2.93. The summed E-state index contributed by atoms with van der Waals surface area (Å²) < 4.78 is 0. The SMILES string of the molecule is O=C(Cc1c2ccccc2cc2ccccc12)c1ccccc1. The van der Waals surface area contributed by atoms with Crippen LogP contribution in [0.15, 0.2) is 84.9 Å². The van der Waals surface area contributed by atoms with Crippen molar-refractivity contribution in [3.05, 3.63) is 96.1 Å². The summed E-state index contributed by atoms with van der Waals surface area (Å²) in [6.45, 7) is 0. The van der Waals surface area contributed by atoms with E-state index in [4.69, 9.17) is 0 Å². The molecule has 4 aromatic carbocycles. The highest BCUT2D eigenvalue weighted by Crippen LogP contribution is 2.29. The van der Waals surface area contributed by atoms with Crippen molar-refractivity contribution in [2.24, 2.45) is 0 Å². The van der Waals surface area contributed by atoms with Crippen LogP contribution in [0.5, 0.6) is 0 Å². The van der Waals surface area contributed by atoms with Crippen LogP contribution in [-0.4, -0.2) is 5.78 Å². The van der Waals surface area contributed by atoms with Gasteiger partial charge >= 0.3 is 0 Å². The fourth-order valence-electron chi connectivity index (χ4n) is 3.19. The minimum atomic E-state index is 0.159. The molecule has 1 heteroatoms. The van der Waals surface area contributed by atoms with Gasteiger partial charge in [0, 0.05) is 12.0 Å². The summed E-state index contributed by atoms with van der Waals surface area (Å²) in [6.07, 6.45) is 0.423. The first kappa shape index (κ1) is 13.7. The van der Waals surface area contributed by atoms with Crippen LogP contribution in [0.2, 0.25) is 0 Å². The van der Waals surface area contributed by atoms with Crippen LogP contribution in [0, 0.1) is 0 Å². The maximum Gasteiger partial charge on any atom is 0.167 e. The van der Waals surface area contributed by atoms with Crippen LogP contribution < -0.4 is 0 Å². The van der Waals surface area contributed by atoms with E-state index >= 15 is 0 Å². The van der Waals surface area contributed by atoms with Gasteiger partial charge < -0.3 is 0 Å². The molecule has 0 amide bonds. The summed E-state index contributed by atoms with van der Waals surface area (Å²) in [5.74, 6) is 0.159.